The lowest BCUT2D eigenvalue weighted by atomic mass is 9.82. The molecule has 0 aromatic rings. The Bertz CT molecular complexity index is 196. The number of hydrogen-bond donors (Lipinski definition) is 2. The van der Waals surface area contributed by atoms with Crippen molar-refractivity contribution in [3.8, 4) is 0 Å². The van der Waals surface area contributed by atoms with Crippen molar-refractivity contribution >= 4 is 11.8 Å². The van der Waals surface area contributed by atoms with Gasteiger partial charge in [0.1, 0.15) is 0 Å². The van der Waals surface area contributed by atoms with Gasteiger partial charge in [-0.25, -0.2) is 0 Å². The van der Waals surface area contributed by atoms with Crippen LogP contribution >= 0.6 is 11.8 Å². The van der Waals surface area contributed by atoms with Gasteiger partial charge in [-0.15, -0.1) is 0 Å². The summed E-state index contributed by atoms with van der Waals surface area (Å²) < 4.78 is 0. The molecule has 0 radical (unpaired) electrons. The zero-order chi connectivity index (χ0) is 10.0. The Morgan fingerprint density at radius 2 is 2.21 bits per heavy atom. The Kier molecular flexibility index (Phi) is 3.40. The third-order valence-corrected chi connectivity index (χ3v) is 4.59. The van der Waals surface area contributed by atoms with Gasteiger partial charge >= 0.3 is 0 Å². The third kappa shape index (κ3) is 2.44. The van der Waals surface area contributed by atoms with Crippen LogP contribution in [0.3, 0.4) is 0 Å². The first-order chi connectivity index (χ1) is 6.78. The van der Waals surface area contributed by atoms with Gasteiger partial charge in [0.05, 0.1) is 6.61 Å². The highest BCUT2D eigenvalue weighted by Crippen LogP contribution is 2.36. The van der Waals surface area contributed by atoms with Crippen molar-refractivity contribution in [3.63, 3.8) is 0 Å². The van der Waals surface area contributed by atoms with Crippen molar-refractivity contribution in [2.24, 2.45) is 0 Å². The molecule has 0 spiro atoms. The molecule has 2 N–H and O–H groups in total. The monoisotopic (exact) mass is 215 g/mol. The van der Waals surface area contributed by atoms with Crippen molar-refractivity contribution in [2.75, 3.05) is 12.9 Å². The Morgan fingerprint density at radius 1 is 1.43 bits per heavy atom. The van der Waals surface area contributed by atoms with Crippen molar-refractivity contribution in [2.45, 2.75) is 55.4 Å². The van der Waals surface area contributed by atoms with Crippen LogP contribution in [0.4, 0.5) is 0 Å². The van der Waals surface area contributed by atoms with Gasteiger partial charge in [0.2, 0.25) is 0 Å². The number of thioether (sulfide) groups is 1. The SMILES string of the molecule is CSC1CCCC(CO)(NC2CC2)C1. The zero-order valence-corrected chi connectivity index (χ0v) is 9.78. The lowest BCUT2D eigenvalue weighted by Gasteiger charge is -2.40. The minimum absolute atomic E-state index is 0.0626. The largest absolute Gasteiger partial charge is 0.394 e. The molecule has 3 heteroatoms. The molecular formula is C11H21NOS. The molecule has 2 unspecified atom stereocenters. The summed E-state index contributed by atoms with van der Waals surface area (Å²) in [5.41, 5.74) is 0.0626. The Balaban J connectivity index is 1.94. The normalized spacial score (nSPS) is 38.6. The minimum atomic E-state index is 0.0626. The summed E-state index contributed by atoms with van der Waals surface area (Å²) in [5.74, 6) is 0. The smallest absolute Gasteiger partial charge is 0.0613 e. The summed E-state index contributed by atoms with van der Waals surface area (Å²) in [4.78, 5) is 0. The van der Waals surface area contributed by atoms with E-state index in [0.29, 0.717) is 12.6 Å². The van der Waals surface area contributed by atoms with Gasteiger partial charge in [-0.05, 0) is 38.4 Å². The maximum absolute atomic E-state index is 9.56. The maximum Gasteiger partial charge on any atom is 0.0613 e. The second-order valence-corrected chi connectivity index (χ2v) is 5.95. The van der Waals surface area contributed by atoms with Crippen LogP contribution in [0.15, 0.2) is 0 Å². The van der Waals surface area contributed by atoms with Crippen LogP contribution in [-0.2, 0) is 0 Å². The zero-order valence-electron chi connectivity index (χ0n) is 8.96. The highest BCUT2D eigenvalue weighted by Gasteiger charge is 2.39. The molecule has 2 rings (SSSR count). The van der Waals surface area contributed by atoms with Gasteiger partial charge in [0, 0.05) is 16.8 Å². The Hall–Kier alpha value is 0.270. The Labute approximate surface area is 90.8 Å². The van der Waals surface area contributed by atoms with E-state index in [4.69, 9.17) is 0 Å². The molecule has 0 amide bonds. The van der Waals surface area contributed by atoms with Crippen molar-refractivity contribution in [1.82, 2.24) is 5.32 Å². The molecule has 2 aliphatic rings. The van der Waals surface area contributed by atoms with E-state index in [0.717, 1.165) is 18.1 Å². The molecule has 14 heavy (non-hydrogen) atoms. The van der Waals surface area contributed by atoms with E-state index >= 15 is 0 Å². The molecule has 0 aromatic carbocycles. The molecule has 2 saturated carbocycles. The standard InChI is InChI=1S/C11H21NOS/c1-14-10-3-2-6-11(7-10,8-13)12-9-4-5-9/h9-10,12-13H,2-8H2,1H3. The molecule has 2 aliphatic carbocycles. The van der Waals surface area contributed by atoms with E-state index in [1.807, 2.05) is 11.8 Å². The van der Waals surface area contributed by atoms with E-state index in [-0.39, 0.29) is 5.54 Å². The summed E-state index contributed by atoms with van der Waals surface area (Å²) in [6.07, 6.45) is 9.73. The number of nitrogens with one attached hydrogen (secondary N) is 1. The first kappa shape index (κ1) is 10.8. The van der Waals surface area contributed by atoms with Crippen LogP contribution in [0.5, 0.6) is 0 Å². The number of aliphatic hydroxyl groups is 1. The lowest BCUT2D eigenvalue weighted by molar-refractivity contribution is 0.122. The van der Waals surface area contributed by atoms with E-state index < -0.39 is 0 Å². The van der Waals surface area contributed by atoms with Crippen LogP contribution in [0, 0.1) is 0 Å². The van der Waals surface area contributed by atoms with Gasteiger partial charge < -0.3 is 10.4 Å². The fourth-order valence-electron chi connectivity index (χ4n) is 2.49. The number of hydrogen-bond acceptors (Lipinski definition) is 3. The molecule has 0 saturated heterocycles. The van der Waals surface area contributed by atoms with Gasteiger partial charge in [-0.1, -0.05) is 6.42 Å². The van der Waals surface area contributed by atoms with Gasteiger partial charge in [-0.3, -0.25) is 0 Å². The van der Waals surface area contributed by atoms with Gasteiger partial charge in [0.25, 0.3) is 0 Å². The average Bonchev–Trinajstić information content (AvgIpc) is 3.02. The number of aliphatic hydroxyl groups excluding tert-OH is 1. The summed E-state index contributed by atoms with van der Waals surface area (Å²) >= 11 is 1.96. The highest BCUT2D eigenvalue weighted by atomic mass is 32.2. The topological polar surface area (TPSA) is 32.3 Å². The first-order valence-electron chi connectivity index (χ1n) is 5.69. The summed E-state index contributed by atoms with van der Waals surface area (Å²) in [7, 11) is 0. The molecule has 2 atom stereocenters. The minimum Gasteiger partial charge on any atom is -0.394 e. The summed E-state index contributed by atoms with van der Waals surface area (Å²) in [5, 5.41) is 14.0. The van der Waals surface area contributed by atoms with E-state index in [9.17, 15) is 5.11 Å². The van der Waals surface area contributed by atoms with Crippen molar-refractivity contribution < 1.29 is 5.11 Å². The van der Waals surface area contributed by atoms with Crippen LogP contribution in [0.25, 0.3) is 0 Å². The molecule has 0 bridgehead atoms. The van der Waals surface area contributed by atoms with Crippen molar-refractivity contribution in [3.05, 3.63) is 0 Å². The first-order valence-corrected chi connectivity index (χ1v) is 6.98. The van der Waals surface area contributed by atoms with Crippen molar-refractivity contribution in [1.29, 1.82) is 0 Å². The van der Waals surface area contributed by atoms with Crippen LogP contribution in [0.1, 0.15) is 38.5 Å². The molecule has 0 aromatic heterocycles. The Morgan fingerprint density at radius 3 is 2.79 bits per heavy atom. The molecule has 2 fully saturated rings. The predicted molar refractivity (Wildman–Crippen MR) is 61.7 cm³/mol. The van der Waals surface area contributed by atoms with E-state index in [1.165, 1.54) is 25.7 Å². The highest BCUT2D eigenvalue weighted by molar-refractivity contribution is 7.99. The second kappa shape index (κ2) is 4.42. The predicted octanol–water partition coefficient (Wildman–Crippen LogP) is 1.78. The fraction of sp³-hybridized carbons (Fsp3) is 1.00. The fourth-order valence-corrected chi connectivity index (χ4v) is 3.38. The molecule has 2 nitrogen and oxygen atoms in total. The average molecular weight is 215 g/mol. The van der Waals surface area contributed by atoms with Gasteiger partial charge in [-0.2, -0.15) is 11.8 Å². The van der Waals surface area contributed by atoms with Crippen LogP contribution in [-0.4, -0.2) is 34.8 Å². The second-order valence-electron chi connectivity index (χ2n) is 4.81. The lowest BCUT2D eigenvalue weighted by Crippen LogP contribution is -2.53. The summed E-state index contributed by atoms with van der Waals surface area (Å²) in [6, 6.07) is 0.711. The number of rotatable bonds is 4. The van der Waals surface area contributed by atoms with Crippen LogP contribution in [0.2, 0.25) is 0 Å². The van der Waals surface area contributed by atoms with E-state index in [1.54, 1.807) is 0 Å². The maximum atomic E-state index is 9.56. The van der Waals surface area contributed by atoms with Gasteiger partial charge in [0.15, 0.2) is 0 Å². The molecule has 0 aliphatic heterocycles. The summed E-state index contributed by atoms with van der Waals surface area (Å²) in [6.45, 7) is 0.320. The molecular weight excluding hydrogens is 194 g/mol. The van der Waals surface area contributed by atoms with E-state index in [2.05, 4.69) is 11.6 Å². The molecule has 0 heterocycles. The third-order valence-electron chi connectivity index (χ3n) is 3.52. The quantitative estimate of drug-likeness (QED) is 0.750. The van der Waals surface area contributed by atoms with Crippen LogP contribution < -0.4 is 5.32 Å². The molecule has 82 valence electrons.